The fraction of sp³-hybridized carbons (Fsp3) is 0.429. The molecule has 6 nitrogen and oxygen atoms in total. The van der Waals surface area contributed by atoms with E-state index in [0.29, 0.717) is 6.61 Å². The Labute approximate surface area is 81.7 Å². The summed E-state index contributed by atoms with van der Waals surface area (Å²) < 4.78 is 9.93. The SMILES string of the molecule is CCOc1ncnc(OC)c1B(O)O. The minimum absolute atomic E-state index is 0.0388. The zero-order chi connectivity index (χ0) is 10.6. The highest BCUT2D eigenvalue weighted by Crippen LogP contribution is 2.10. The van der Waals surface area contributed by atoms with Crippen molar-refractivity contribution in [3.8, 4) is 11.8 Å². The van der Waals surface area contributed by atoms with Crippen LogP contribution in [0.25, 0.3) is 0 Å². The molecule has 76 valence electrons. The summed E-state index contributed by atoms with van der Waals surface area (Å²) in [4.78, 5) is 7.49. The first kappa shape index (κ1) is 10.7. The van der Waals surface area contributed by atoms with Gasteiger partial charge in [-0.15, -0.1) is 0 Å². The van der Waals surface area contributed by atoms with E-state index in [1.54, 1.807) is 6.92 Å². The summed E-state index contributed by atoms with van der Waals surface area (Å²) in [6, 6.07) is 0. The summed E-state index contributed by atoms with van der Waals surface area (Å²) in [5, 5.41) is 18.1. The van der Waals surface area contributed by atoms with Gasteiger partial charge in [0.1, 0.15) is 11.8 Å². The topological polar surface area (TPSA) is 84.7 Å². The summed E-state index contributed by atoms with van der Waals surface area (Å²) in [7, 11) is -0.336. The Kier molecular flexibility index (Phi) is 3.67. The summed E-state index contributed by atoms with van der Waals surface area (Å²) in [6.45, 7) is 2.14. The van der Waals surface area contributed by atoms with Crippen LogP contribution >= 0.6 is 0 Å². The number of ether oxygens (including phenoxy) is 2. The molecule has 1 rings (SSSR count). The average Bonchev–Trinajstić information content (AvgIpc) is 2.17. The van der Waals surface area contributed by atoms with E-state index in [-0.39, 0.29) is 17.2 Å². The van der Waals surface area contributed by atoms with Crippen molar-refractivity contribution in [2.75, 3.05) is 13.7 Å². The minimum atomic E-state index is -1.72. The third-order valence-electron chi connectivity index (χ3n) is 1.54. The smallest absolute Gasteiger partial charge is 0.481 e. The van der Waals surface area contributed by atoms with Crippen LogP contribution in [0.1, 0.15) is 6.92 Å². The first-order valence-corrected chi connectivity index (χ1v) is 4.08. The lowest BCUT2D eigenvalue weighted by Gasteiger charge is -2.10. The van der Waals surface area contributed by atoms with E-state index in [9.17, 15) is 0 Å². The maximum atomic E-state index is 9.06. The molecule has 0 bridgehead atoms. The molecule has 0 atom stereocenters. The van der Waals surface area contributed by atoms with Crippen LogP contribution in [0, 0.1) is 0 Å². The molecule has 0 aliphatic heterocycles. The fourth-order valence-corrected chi connectivity index (χ4v) is 1.000. The van der Waals surface area contributed by atoms with Crippen molar-refractivity contribution in [3.63, 3.8) is 0 Å². The molecule has 0 aliphatic carbocycles. The second kappa shape index (κ2) is 4.78. The average molecular weight is 198 g/mol. The molecule has 0 spiro atoms. The van der Waals surface area contributed by atoms with Crippen molar-refractivity contribution in [1.82, 2.24) is 9.97 Å². The maximum absolute atomic E-state index is 9.06. The summed E-state index contributed by atoms with van der Waals surface area (Å²) >= 11 is 0. The van der Waals surface area contributed by atoms with Crippen LogP contribution < -0.4 is 14.9 Å². The first-order chi connectivity index (χ1) is 6.70. The van der Waals surface area contributed by atoms with Crippen LogP contribution in [0.4, 0.5) is 0 Å². The molecular weight excluding hydrogens is 187 g/mol. The molecular formula is C7H11BN2O4. The maximum Gasteiger partial charge on any atom is 0.499 e. The van der Waals surface area contributed by atoms with Crippen LogP contribution in [-0.2, 0) is 0 Å². The third-order valence-corrected chi connectivity index (χ3v) is 1.54. The molecule has 2 N–H and O–H groups in total. The minimum Gasteiger partial charge on any atom is -0.481 e. The van der Waals surface area contributed by atoms with Gasteiger partial charge in [-0.3, -0.25) is 0 Å². The van der Waals surface area contributed by atoms with Crippen molar-refractivity contribution in [3.05, 3.63) is 6.33 Å². The number of hydrogen-bond acceptors (Lipinski definition) is 6. The Bertz CT molecular complexity index is 308. The third kappa shape index (κ3) is 2.12. The number of aromatic nitrogens is 2. The van der Waals surface area contributed by atoms with E-state index in [4.69, 9.17) is 19.5 Å². The van der Waals surface area contributed by atoms with E-state index < -0.39 is 7.12 Å². The van der Waals surface area contributed by atoms with Crippen LogP contribution in [0.15, 0.2) is 6.33 Å². The first-order valence-electron chi connectivity index (χ1n) is 4.08. The Morgan fingerprint density at radius 3 is 2.50 bits per heavy atom. The Balaban J connectivity index is 3.14. The number of rotatable bonds is 4. The van der Waals surface area contributed by atoms with Gasteiger partial charge in [0.25, 0.3) is 0 Å². The van der Waals surface area contributed by atoms with Crippen molar-refractivity contribution in [1.29, 1.82) is 0 Å². The Morgan fingerprint density at radius 2 is 2.00 bits per heavy atom. The van der Waals surface area contributed by atoms with Crippen LogP contribution in [-0.4, -0.2) is 40.9 Å². The predicted octanol–water partition coefficient (Wildman–Crippen LogP) is -1.44. The highest BCUT2D eigenvalue weighted by atomic mass is 16.5. The highest BCUT2D eigenvalue weighted by Gasteiger charge is 2.24. The molecule has 0 saturated carbocycles. The van der Waals surface area contributed by atoms with Crippen LogP contribution in [0.3, 0.4) is 0 Å². The molecule has 1 heterocycles. The molecule has 0 fully saturated rings. The van der Waals surface area contributed by atoms with Gasteiger partial charge in [0.15, 0.2) is 0 Å². The summed E-state index contributed by atoms with van der Waals surface area (Å²) in [6.07, 6.45) is 1.23. The summed E-state index contributed by atoms with van der Waals surface area (Å²) in [5.74, 6) is 0.216. The zero-order valence-electron chi connectivity index (χ0n) is 7.97. The standard InChI is InChI=1S/C7H11BN2O4/c1-3-14-7-5(8(11)12)6(13-2)9-4-10-7/h4,11-12H,3H2,1-2H3. The van der Waals surface area contributed by atoms with Gasteiger partial charge in [0.05, 0.1) is 13.7 Å². The van der Waals surface area contributed by atoms with Crippen LogP contribution in [0.5, 0.6) is 11.8 Å². The van der Waals surface area contributed by atoms with Gasteiger partial charge >= 0.3 is 7.12 Å². The quantitative estimate of drug-likeness (QED) is 0.576. The highest BCUT2D eigenvalue weighted by molar-refractivity contribution is 6.60. The molecule has 0 aromatic carbocycles. The molecule has 0 amide bonds. The molecule has 0 unspecified atom stereocenters. The van der Waals surface area contributed by atoms with Crippen molar-refractivity contribution in [2.45, 2.75) is 6.92 Å². The van der Waals surface area contributed by atoms with Gasteiger partial charge < -0.3 is 19.5 Å². The van der Waals surface area contributed by atoms with Gasteiger partial charge in [0, 0.05) is 0 Å². The lowest BCUT2D eigenvalue weighted by molar-refractivity contribution is 0.320. The zero-order valence-corrected chi connectivity index (χ0v) is 7.97. The molecule has 14 heavy (non-hydrogen) atoms. The van der Waals surface area contributed by atoms with Crippen LogP contribution in [0.2, 0.25) is 0 Å². The second-order valence-corrected chi connectivity index (χ2v) is 2.41. The lowest BCUT2D eigenvalue weighted by Crippen LogP contribution is -2.34. The fourth-order valence-electron chi connectivity index (χ4n) is 1.000. The van der Waals surface area contributed by atoms with E-state index in [1.165, 1.54) is 13.4 Å². The monoisotopic (exact) mass is 198 g/mol. The van der Waals surface area contributed by atoms with Crippen molar-refractivity contribution in [2.24, 2.45) is 0 Å². The second-order valence-electron chi connectivity index (χ2n) is 2.41. The molecule has 0 radical (unpaired) electrons. The van der Waals surface area contributed by atoms with E-state index in [1.807, 2.05) is 0 Å². The van der Waals surface area contributed by atoms with E-state index >= 15 is 0 Å². The van der Waals surface area contributed by atoms with E-state index in [2.05, 4.69) is 9.97 Å². The van der Waals surface area contributed by atoms with Gasteiger partial charge in [0.2, 0.25) is 11.8 Å². The number of hydrogen-bond donors (Lipinski definition) is 2. The molecule has 0 saturated heterocycles. The number of methoxy groups -OCH3 is 1. The van der Waals surface area contributed by atoms with Gasteiger partial charge in [-0.05, 0) is 6.92 Å². The van der Waals surface area contributed by atoms with Gasteiger partial charge in [-0.1, -0.05) is 0 Å². The Hall–Kier alpha value is -1.34. The number of nitrogens with zero attached hydrogens (tertiary/aromatic N) is 2. The molecule has 0 aliphatic rings. The van der Waals surface area contributed by atoms with Crippen molar-refractivity contribution >= 4 is 12.6 Å². The molecule has 1 aromatic rings. The van der Waals surface area contributed by atoms with Crippen molar-refractivity contribution < 1.29 is 19.5 Å². The molecule has 1 aromatic heterocycles. The Morgan fingerprint density at radius 1 is 1.36 bits per heavy atom. The predicted molar refractivity (Wildman–Crippen MR) is 49.6 cm³/mol. The van der Waals surface area contributed by atoms with E-state index in [0.717, 1.165) is 0 Å². The van der Waals surface area contributed by atoms with Gasteiger partial charge in [-0.25, -0.2) is 9.97 Å². The lowest BCUT2D eigenvalue weighted by atomic mass is 9.81. The summed E-state index contributed by atoms with van der Waals surface area (Å²) in [5.41, 5.74) is 0.0388. The molecule has 7 heteroatoms. The van der Waals surface area contributed by atoms with Gasteiger partial charge in [-0.2, -0.15) is 0 Å². The largest absolute Gasteiger partial charge is 0.499 e. The normalized spacial score (nSPS) is 9.71.